The monoisotopic (exact) mass is 186 g/mol. The van der Waals surface area contributed by atoms with Crippen molar-refractivity contribution >= 4 is 5.91 Å². The van der Waals surface area contributed by atoms with Gasteiger partial charge in [0.1, 0.15) is 0 Å². The first kappa shape index (κ1) is 10.5. The largest absolute Gasteiger partial charge is 0.389 e. The van der Waals surface area contributed by atoms with Crippen molar-refractivity contribution in [3.63, 3.8) is 0 Å². The average molecular weight is 186 g/mol. The van der Waals surface area contributed by atoms with Crippen molar-refractivity contribution in [2.24, 2.45) is 5.73 Å². The van der Waals surface area contributed by atoms with Crippen LogP contribution in [0.25, 0.3) is 0 Å². The normalized spacial score (nSPS) is 17.2. The Morgan fingerprint density at radius 1 is 1.38 bits per heavy atom. The topological polar surface area (TPSA) is 66.6 Å². The van der Waals surface area contributed by atoms with Crippen molar-refractivity contribution in [3.05, 3.63) is 0 Å². The molecular weight excluding hydrogens is 168 g/mol. The smallest absolute Gasteiger partial charge is 0.222 e. The number of nitrogens with two attached hydrogens (primary N) is 1. The Morgan fingerprint density at radius 2 is 2.08 bits per heavy atom. The Morgan fingerprint density at radius 3 is 2.62 bits per heavy atom. The van der Waals surface area contributed by atoms with Crippen LogP contribution in [-0.2, 0) is 4.79 Å². The Balaban J connectivity index is 1.99. The number of carbonyl (C=O) groups is 1. The fraction of sp³-hybridized carbons (Fsp3) is 0.889. The van der Waals surface area contributed by atoms with E-state index in [4.69, 9.17) is 10.8 Å². The fourth-order valence-electron chi connectivity index (χ4n) is 1.41. The second kappa shape index (κ2) is 5.19. The van der Waals surface area contributed by atoms with Gasteiger partial charge in [-0.15, -0.1) is 0 Å². The minimum Gasteiger partial charge on any atom is -0.389 e. The summed E-state index contributed by atoms with van der Waals surface area (Å²) in [6.07, 6.45) is 3.26. The number of amides is 1. The van der Waals surface area contributed by atoms with Crippen LogP contribution in [0, 0.1) is 0 Å². The summed E-state index contributed by atoms with van der Waals surface area (Å²) in [6.45, 7) is 1.75. The summed E-state index contributed by atoms with van der Waals surface area (Å²) >= 11 is 0. The van der Waals surface area contributed by atoms with Crippen molar-refractivity contribution in [3.8, 4) is 0 Å². The third-order valence-electron chi connectivity index (χ3n) is 2.31. The first-order valence-electron chi connectivity index (χ1n) is 4.90. The van der Waals surface area contributed by atoms with Crippen LogP contribution in [0.4, 0.5) is 0 Å². The molecule has 0 aromatic rings. The zero-order valence-electron chi connectivity index (χ0n) is 7.91. The number of nitrogens with zero attached hydrogens (tertiary/aromatic N) is 1. The van der Waals surface area contributed by atoms with E-state index in [9.17, 15) is 4.79 Å². The first-order chi connectivity index (χ1) is 6.24. The molecule has 0 aromatic heterocycles. The number of carbonyl (C=O) groups excluding carboxylic acids is 1. The Bertz CT molecular complexity index is 167. The van der Waals surface area contributed by atoms with E-state index in [0.717, 1.165) is 19.3 Å². The van der Waals surface area contributed by atoms with Gasteiger partial charge in [0, 0.05) is 19.5 Å². The van der Waals surface area contributed by atoms with Gasteiger partial charge >= 0.3 is 0 Å². The van der Waals surface area contributed by atoms with Gasteiger partial charge in [-0.25, -0.2) is 0 Å². The molecule has 0 radical (unpaired) electrons. The highest BCUT2D eigenvalue weighted by Crippen LogP contribution is 2.11. The van der Waals surface area contributed by atoms with Crippen molar-refractivity contribution in [1.82, 2.24) is 4.90 Å². The molecule has 4 nitrogen and oxygen atoms in total. The zero-order chi connectivity index (χ0) is 9.68. The fourth-order valence-corrected chi connectivity index (χ4v) is 1.41. The summed E-state index contributed by atoms with van der Waals surface area (Å²) in [6, 6.07) is 0. The van der Waals surface area contributed by atoms with Crippen LogP contribution in [0.1, 0.15) is 25.7 Å². The van der Waals surface area contributed by atoms with Gasteiger partial charge in [0.05, 0.1) is 6.10 Å². The van der Waals surface area contributed by atoms with Gasteiger partial charge in [-0.1, -0.05) is 6.42 Å². The average Bonchev–Trinajstić information content (AvgIpc) is 2.07. The van der Waals surface area contributed by atoms with Gasteiger partial charge < -0.3 is 15.7 Å². The first-order valence-corrected chi connectivity index (χ1v) is 4.90. The summed E-state index contributed by atoms with van der Waals surface area (Å²) in [7, 11) is 0. The minimum atomic E-state index is -0.284. The molecule has 1 saturated heterocycles. The van der Waals surface area contributed by atoms with Gasteiger partial charge in [-0.05, 0) is 19.4 Å². The van der Waals surface area contributed by atoms with Crippen LogP contribution in [0.5, 0.6) is 0 Å². The molecule has 13 heavy (non-hydrogen) atoms. The Hall–Kier alpha value is -0.610. The predicted molar refractivity (Wildman–Crippen MR) is 50.1 cm³/mol. The van der Waals surface area contributed by atoms with Gasteiger partial charge in [0.2, 0.25) is 5.91 Å². The number of β-amino-alcohol motifs (C(OH)–C–C–N with tert-alkyl or cyclic N) is 1. The molecule has 0 atom stereocenters. The number of rotatable bonds is 5. The lowest BCUT2D eigenvalue weighted by Crippen LogP contribution is -2.53. The lowest BCUT2D eigenvalue weighted by molar-refractivity contribution is -0.141. The molecule has 1 amide bonds. The number of unbranched alkanes of at least 4 members (excludes halogenated alkanes) is 2. The number of hydrogen-bond donors (Lipinski definition) is 2. The molecule has 0 bridgehead atoms. The molecule has 76 valence electrons. The van der Waals surface area contributed by atoms with Crippen LogP contribution in [-0.4, -0.2) is 41.7 Å². The van der Waals surface area contributed by atoms with Crippen LogP contribution >= 0.6 is 0 Å². The molecule has 0 spiro atoms. The maximum atomic E-state index is 11.3. The van der Waals surface area contributed by atoms with Crippen LogP contribution in [0.15, 0.2) is 0 Å². The summed E-state index contributed by atoms with van der Waals surface area (Å²) in [4.78, 5) is 13.0. The van der Waals surface area contributed by atoms with E-state index < -0.39 is 0 Å². The molecule has 1 aliphatic rings. The molecule has 1 heterocycles. The van der Waals surface area contributed by atoms with E-state index in [2.05, 4.69) is 0 Å². The summed E-state index contributed by atoms with van der Waals surface area (Å²) in [5.41, 5.74) is 5.33. The highest BCUT2D eigenvalue weighted by Gasteiger charge is 2.27. The molecule has 1 aliphatic heterocycles. The number of aliphatic hydroxyl groups is 1. The van der Waals surface area contributed by atoms with Gasteiger partial charge in [0.15, 0.2) is 0 Å². The van der Waals surface area contributed by atoms with Crippen LogP contribution in [0.3, 0.4) is 0 Å². The Kier molecular flexibility index (Phi) is 4.18. The maximum absolute atomic E-state index is 11.3. The molecule has 1 fully saturated rings. The summed E-state index contributed by atoms with van der Waals surface area (Å²) in [5, 5.41) is 8.97. The van der Waals surface area contributed by atoms with Crippen molar-refractivity contribution in [1.29, 1.82) is 0 Å². The summed E-state index contributed by atoms with van der Waals surface area (Å²) in [5.74, 6) is 0.169. The lowest BCUT2D eigenvalue weighted by atomic mass is 10.1. The second-order valence-corrected chi connectivity index (χ2v) is 3.55. The van der Waals surface area contributed by atoms with Crippen LogP contribution < -0.4 is 5.73 Å². The van der Waals surface area contributed by atoms with Gasteiger partial charge in [-0.3, -0.25) is 4.79 Å². The number of likely N-dealkylation sites (tertiary alicyclic amines) is 1. The number of aliphatic hydroxyl groups excluding tert-OH is 1. The highest BCUT2D eigenvalue weighted by atomic mass is 16.3. The zero-order valence-corrected chi connectivity index (χ0v) is 7.91. The third kappa shape index (κ3) is 3.32. The molecule has 3 N–H and O–H groups in total. The Labute approximate surface area is 78.7 Å². The molecule has 0 unspecified atom stereocenters. The van der Waals surface area contributed by atoms with E-state index >= 15 is 0 Å². The molecular formula is C9H18N2O2. The quantitative estimate of drug-likeness (QED) is 0.580. The lowest BCUT2D eigenvalue weighted by Gasteiger charge is -2.35. The van der Waals surface area contributed by atoms with Crippen molar-refractivity contribution in [2.75, 3.05) is 19.6 Å². The van der Waals surface area contributed by atoms with E-state index in [1.807, 2.05) is 0 Å². The second-order valence-electron chi connectivity index (χ2n) is 3.55. The van der Waals surface area contributed by atoms with E-state index in [1.54, 1.807) is 4.90 Å². The van der Waals surface area contributed by atoms with E-state index in [0.29, 0.717) is 26.1 Å². The summed E-state index contributed by atoms with van der Waals surface area (Å²) < 4.78 is 0. The van der Waals surface area contributed by atoms with Crippen molar-refractivity contribution in [2.45, 2.75) is 31.8 Å². The van der Waals surface area contributed by atoms with Crippen molar-refractivity contribution < 1.29 is 9.90 Å². The molecule has 0 aliphatic carbocycles. The predicted octanol–water partition coefficient (Wildman–Crippen LogP) is -0.291. The third-order valence-corrected chi connectivity index (χ3v) is 2.31. The standard InChI is InChI=1S/C9H18N2O2/c10-5-3-1-2-4-9(13)11-6-8(12)7-11/h8,12H,1-7,10H2. The maximum Gasteiger partial charge on any atom is 0.222 e. The number of hydrogen-bond acceptors (Lipinski definition) is 3. The highest BCUT2D eigenvalue weighted by molar-refractivity contribution is 5.77. The molecule has 0 aromatic carbocycles. The minimum absolute atomic E-state index is 0.169. The van der Waals surface area contributed by atoms with E-state index in [1.165, 1.54) is 0 Å². The molecule has 1 rings (SSSR count). The molecule has 0 saturated carbocycles. The van der Waals surface area contributed by atoms with E-state index in [-0.39, 0.29) is 12.0 Å². The van der Waals surface area contributed by atoms with Gasteiger partial charge in [0.25, 0.3) is 0 Å². The SMILES string of the molecule is NCCCCCC(=O)N1CC(O)C1. The van der Waals surface area contributed by atoms with Gasteiger partial charge in [-0.2, -0.15) is 0 Å². The van der Waals surface area contributed by atoms with Crippen LogP contribution in [0.2, 0.25) is 0 Å². The molecule has 4 heteroatoms.